The summed E-state index contributed by atoms with van der Waals surface area (Å²) in [6.07, 6.45) is 21.6. The molecule has 113 heavy (non-hydrogen) atoms. The first kappa shape index (κ1) is 78.8. The first-order chi connectivity index (χ1) is 54.3. The Balaban J connectivity index is 0.520. The highest BCUT2D eigenvalue weighted by Gasteiger charge is 2.26. The van der Waals surface area contributed by atoms with E-state index < -0.39 is 47.3 Å². The molecule has 0 saturated carbocycles. The average Bonchev–Trinajstić information content (AvgIpc) is 1.72. The number of carbonyl (C=O) groups is 8. The Morgan fingerprint density at radius 3 is 1.59 bits per heavy atom. The molecule has 0 spiro atoms. The number of imidazole rings is 3. The van der Waals surface area contributed by atoms with Crippen LogP contribution in [-0.4, -0.2) is 173 Å². The van der Waals surface area contributed by atoms with Crippen molar-refractivity contribution in [2.45, 2.75) is 25.7 Å². The molecule has 11 aromatic rings. The lowest BCUT2D eigenvalue weighted by atomic mass is 9.99. The number of nitrogens with zero attached hydrogens (tertiary/aromatic N) is 15. The molecule has 10 N–H and O–H groups in total. The second-order valence-electron chi connectivity index (χ2n) is 26.7. The summed E-state index contributed by atoms with van der Waals surface area (Å²) in [4.78, 5) is 130. The van der Waals surface area contributed by atoms with Crippen LogP contribution in [0.3, 0.4) is 0 Å². The van der Waals surface area contributed by atoms with E-state index in [1.165, 1.54) is 107 Å². The van der Waals surface area contributed by atoms with Gasteiger partial charge >= 0.3 is 0 Å². The molecule has 9 aromatic heterocycles. The Bertz CT molecular complexity index is 5570. The second-order valence-corrected chi connectivity index (χ2v) is 27.7. The number of hydrogen-bond donors (Lipinski definition) is 10. The van der Waals surface area contributed by atoms with E-state index >= 15 is 0 Å². The van der Waals surface area contributed by atoms with Gasteiger partial charge in [0.1, 0.15) is 40.2 Å². The maximum Gasteiger partial charge on any atom is 0.292 e. The van der Waals surface area contributed by atoms with Gasteiger partial charge in [0.15, 0.2) is 29.3 Å². The molecule has 0 unspecified atom stereocenters. The number of aliphatic hydroxyl groups excluding tert-OH is 2. The van der Waals surface area contributed by atoms with Crippen molar-refractivity contribution in [1.82, 2.24) is 62.1 Å². The standard InChI is InChI=1S/C77H85N23O12S/c1-91-29-25-79-67(91)75(108)89-62-45-98(8)69(88-62)77(110)90-63-46-97(7)68(87-63)76(109)86-52-37-56(93(3)44-52)70(103)80-23-14-20-65(102)82-48-35-58(94(4)40-48)72(105)84-50-38-60(96(6)42-50)74(107)85-51-39-59(95(5)43-51)73(106)83-49-36-57(92(2)41-49)71(104)81-24-21-64(101)78-26-31-112-33-32-111-30-15-27-100-28-22-47(53-16-10-11-17-54(53)100)34-66-99(9)55-18-12-13-19-61(55)113-66/h10-13,16-19,22,25,28-29,34-46H,14-15,20-21,23-24,26-27,30-33H2,1-9H3,(H9-,78,80,81,82,83,84,85,86,89,90,101,102,103,104,105,106,107,108,109,110)/p+1. The van der Waals surface area contributed by atoms with Crippen LogP contribution in [0.5, 0.6) is 0 Å². The molecule has 586 valence electrons. The van der Waals surface area contributed by atoms with Crippen molar-refractivity contribution in [2.75, 3.05) is 89.4 Å². The Hall–Kier alpha value is -13.7. The summed E-state index contributed by atoms with van der Waals surface area (Å²) in [5.74, 6) is -4.44. The summed E-state index contributed by atoms with van der Waals surface area (Å²) in [5.41, 5.74) is 7.28. The summed E-state index contributed by atoms with van der Waals surface area (Å²) < 4.78 is 27.0. The maximum atomic E-state index is 13.6. The van der Waals surface area contributed by atoms with Gasteiger partial charge in [0.05, 0.1) is 54.8 Å². The van der Waals surface area contributed by atoms with Gasteiger partial charge in [-0.3, -0.25) is 43.3 Å². The van der Waals surface area contributed by atoms with Crippen LogP contribution in [0.15, 0.2) is 157 Å². The van der Waals surface area contributed by atoms with E-state index in [0.29, 0.717) is 36.9 Å². The number of aliphatic hydroxyl groups is 2. The average molecular weight is 1560 g/mol. The number of aromatic nitrogens is 12. The summed E-state index contributed by atoms with van der Waals surface area (Å²) in [5, 5.41) is 44.3. The monoisotopic (exact) mass is 1560 g/mol. The van der Waals surface area contributed by atoms with E-state index in [-0.39, 0.29) is 126 Å². The fraction of sp³-hybridized carbons (Fsp3) is 0.273. The number of aliphatic imine (C=N–C) groups is 2. The van der Waals surface area contributed by atoms with E-state index in [2.05, 4.69) is 151 Å². The van der Waals surface area contributed by atoms with Gasteiger partial charge in [-0.2, -0.15) is 4.57 Å². The number of fused-ring (bicyclic) bond motifs is 2. The Labute approximate surface area is 651 Å². The molecule has 0 fully saturated rings. The van der Waals surface area contributed by atoms with E-state index in [1.807, 2.05) is 0 Å². The number of aryl methyl sites for hydroxylation is 9. The second kappa shape index (κ2) is 35.3. The lowest BCUT2D eigenvalue weighted by Crippen LogP contribution is -2.29. The van der Waals surface area contributed by atoms with Crippen molar-refractivity contribution < 1.29 is 62.6 Å². The number of benzene rings is 2. The van der Waals surface area contributed by atoms with Crippen LogP contribution >= 0.6 is 11.3 Å². The molecule has 0 saturated heterocycles. The lowest BCUT2D eigenvalue weighted by molar-refractivity contribution is -0.642. The number of anilines is 7. The summed E-state index contributed by atoms with van der Waals surface area (Å²) in [6, 6.07) is 24.3. The minimum absolute atomic E-state index is 0.0444. The zero-order valence-corrected chi connectivity index (χ0v) is 64.3. The number of ether oxygens (including phenoxy) is 2. The van der Waals surface area contributed by atoms with Crippen LogP contribution in [-0.2, 0) is 72.9 Å². The number of amides is 8. The van der Waals surface area contributed by atoms with Crippen molar-refractivity contribution in [3.8, 4) is 0 Å². The first-order valence-corrected chi connectivity index (χ1v) is 36.7. The first-order valence-electron chi connectivity index (χ1n) is 35.9. The molecular weight excluding hydrogens is 1470 g/mol. The van der Waals surface area contributed by atoms with Crippen LogP contribution < -0.4 is 52.0 Å². The molecule has 35 nitrogen and oxygen atoms in total. The van der Waals surface area contributed by atoms with Crippen LogP contribution in [0.2, 0.25) is 0 Å². The molecule has 0 radical (unpaired) electrons. The van der Waals surface area contributed by atoms with Crippen LogP contribution in [0, 0.1) is 0 Å². The predicted molar refractivity (Wildman–Crippen MR) is 428 cm³/mol. The van der Waals surface area contributed by atoms with E-state index in [9.17, 15) is 48.6 Å². The lowest BCUT2D eigenvalue weighted by Gasteiger charge is -2.27. The topological polar surface area (TPSA) is 402 Å². The number of thiazole rings is 1. The van der Waals surface area contributed by atoms with Gasteiger partial charge in [0.25, 0.3) is 52.3 Å². The van der Waals surface area contributed by atoms with Crippen molar-refractivity contribution in [1.29, 1.82) is 0 Å². The molecule has 1 aliphatic heterocycles. The Morgan fingerprint density at radius 2 is 1.02 bits per heavy atom. The van der Waals surface area contributed by atoms with Gasteiger partial charge in [0.2, 0.25) is 17.2 Å². The maximum absolute atomic E-state index is 13.6. The Morgan fingerprint density at radius 1 is 0.513 bits per heavy atom. The fourth-order valence-electron chi connectivity index (χ4n) is 12.6. The molecule has 0 atom stereocenters. The number of rotatable bonds is 33. The highest BCUT2D eigenvalue weighted by molar-refractivity contribution is 7.18. The molecule has 2 aromatic carbocycles. The third-order valence-corrected chi connectivity index (χ3v) is 19.4. The third-order valence-electron chi connectivity index (χ3n) is 18.2. The normalized spacial score (nSPS) is 12.5. The van der Waals surface area contributed by atoms with Gasteiger partial charge in [0, 0.05) is 181 Å². The smallest absolute Gasteiger partial charge is 0.292 e. The number of allylic oxidation sites excluding steroid dienone is 2. The largest absolute Gasteiger partial charge is 0.497 e. The van der Waals surface area contributed by atoms with Crippen molar-refractivity contribution in [3.05, 3.63) is 203 Å². The molecule has 0 aliphatic carbocycles. The number of carbonyl (C=O) groups excluding carboxylic acids is 8. The molecule has 10 heterocycles. The molecule has 12 rings (SSSR count). The number of hydrogen-bond acceptors (Lipinski definition) is 17. The molecule has 36 heteroatoms. The SMILES string of the molecule is Cn1cc(NC(=O)c2nc(NC(=O)c3nc(NC(=O)c4nccn4C)cn3C)cn2C)cc1C(=O)NCCCC(O)=Nc1cc(C(=O)Nc2cc(C(=O)Nc3cc(C(=O)Nc4cc(C(=O)NCCC(O)=NCCOCCOCCCN5C=CC(=Cc6sc7ccccc7[n+]6C)c6ccccc65)n(C)c4)n(C)c3)n(C)c2)n(C)c1. The number of para-hydroxylation sites is 2. The highest BCUT2D eigenvalue weighted by atomic mass is 32.1. The summed E-state index contributed by atoms with van der Waals surface area (Å²) in [7, 11) is 15.1. The quantitative estimate of drug-likeness (QED) is 0.00805. The van der Waals surface area contributed by atoms with Crippen molar-refractivity contribution in [2.24, 2.45) is 73.4 Å². The van der Waals surface area contributed by atoms with E-state index in [1.54, 1.807) is 109 Å². The molecule has 0 bridgehead atoms. The summed E-state index contributed by atoms with van der Waals surface area (Å²) in [6.45, 7) is 2.92. The van der Waals surface area contributed by atoms with Gasteiger partial charge in [-0.25, -0.2) is 19.9 Å². The van der Waals surface area contributed by atoms with Gasteiger partial charge in [-0.15, -0.1) is 0 Å². The Kier molecular flexibility index (Phi) is 24.6. The predicted octanol–water partition coefficient (Wildman–Crippen LogP) is 8.01. The summed E-state index contributed by atoms with van der Waals surface area (Å²) >= 11 is 1.78. The van der Waals surface area contributed by atoms with Gasteiger partial charge < -0.3 is 104 Å². The zero-order valence-electron chi connectivity index (χ0n) is 63.5. The van der Waals surface area contributed by atoms with Gasteiger partial charge in [-0.05, 0) is 67.0 Å². The van der Waals surface area contributed by atoms with Gasteiger partial charge in [-0.1, -0.05) is 41.7 Å². The minimum atomic E-state index is -0.655. The molecular formula is C77H86N23O12S+. The van der Waals surface area contributed by atoms with E-state index in [0.717, 1.165) is 18.7 Å². The third kappa shape index (κ3) is 19.3. The minimum Gasteiger partial charge on any atom is -0.497 e. The fourth-order valence-corrected chi connectivity index (χ4v) is 13.7. The molecule has 1 aliphatic rings. The number of nitrogens with one attached hydrogen (secondary N) is 8. The van der Waals surface area contributed by atoms with E-state index in [4.69, 9.17) is 9.47 Å². The van der Waals surface area contributed by atoms with Crippen LogP contribution in [0.1, 0.15) is 121 Å². The van der Waals surface area contributed by atoms with Crippen LogP contribution in [0.25, 0.3) is 21.9 Å². The highest BCUT2D eigenvalue weighted by Crippen LogP contribution is 2.35. The van der Waals surface area contributed by atoms with Crippen molar-refractivity contribution >= 4 is 138 Å². The van der Waals surface area contributed by atoms with Crippen LogP contribution in [0.4, 0.5) is 45.8 Å². The zero-order chi connectivity index (χ0) is 80.1. The molecule has 8 amide bonds. The van der Waals surface area contributed by atoms with Crippen molar-refractivity contribution in [3.63, 3.8) is 0 Å².